The van der Waals surface area contributed by atoms with Gasteiger partial charge in [0.15, 0.2) is 5.82 Å². The summed E-state index contributed by atoms with van der Waals surface area (Å²) in [6.45, 7) is 5.65. The number of piperidine rings is 1. The van der Waals surface area contributed by atoms with Gasteiger partial charge in [-0.3, -0.25) is 0 Å². The Morgan fingerprint density at radius 1 is 1.22 bits per heavy atom. The van der Waals surface area contributed by atoms with Crippen molar-refractivity contribution in [1.29, 1.82) is 0 Å². The Bertz CT molecular complexity index is 685. The van der Waals surface area contributed by atoms with E-state index in [0.717, 1.165) is 53.3 Å². The highest BCUT2D eigenvalue weighted by atomic mass is 16.5. The molecule has 0 amide bonds. The van der Waals surface area contributed by atoms with E-state index in [1.54, 1.807) is 7.11 Å². The zero-order chi connectivity index (χ0) is 16.4. The molecule has 23 heavy (non-hydrogen) atoms. The van der Waals surface area contributed by atoms with Gasteiger partial charge < -0.3 is 14.7 Å². The van der Waals surface area contributed by atoms with Crippen molar-refractivity contribution in [3.05, 3.63) is 35.4 Å². The number of methoxy groups -OCH3 is 1. The van der Waals surface area contributed by atoms with Crippen molar-refractivity contribution in [3.63, 3.8) is 0 Å². The van der Waals surface area contributed by atoms with Crippen LogP contribution < -0.4 is 9.64 Å². The lowest BCUT2D eigenvalue weighted by molar-refractivity contribution is 0.154. The molecular weight excluding hydrogens is 290 g/mol. The van der Waals surface area contributed by atoms with Crippen LogP contribution in [0.15, 0.2) is 24.3 Å². The number of β-amino-alcohol motifs (C(OH)–C–C–N with tert-alkyl or cyclic N) is 1. The number of benzene rings is 1. The Kier molecular flexibility index (Phi) is 4.48. The fraction of sp³-hybridized carbons (Fsp3) is 0.444. The molecule has 1 N–H and O–H groups in total. The summed E-state index contributed by atoms with van der Waals surface area (Å²) < 4.78 is 5.51. The van der Waals surface area contributed by atoms with Crippen molar-refractivity contribution in [3.8, 4) is 17.0 Å². The summed E-state index contributed by atoms with van der Waals surface area (Å²) in [6.07, 6.45) is 1.57. The second-order valence-electron chi connectivity index (χ2n) is 6.18. The number of ether oxygens (including phenoxy) is 1. The van der Waals surface area contributed by atoms with Crippen molar-refractivity contribution in [2.45, 2.75) is 32.8 Å². The molecule has 1 saturated heterocycles. The van der Waals surface area contributed by atoms with E-state index in [0.29, 0.717) is 6.54 Å². The Hall–Kier alpha value is -2.14. The van der Waals surface area contributed by atoms with Crippen molar-refractivity contribution in [2.24, 2.45) is 0 Å². The van der Waals surface area contributed by atoms with Crippen LogP contribution in [0.2, 0.25) is 0 Å². The summed E-state index contributed by atoms with van der Waals surface area (Å²) in [5.41, 5.74) is 4.07. The van der Waals surface area contributed by atoms with Gasteiger partial charge in [-0.25, -0.2) is 0 Å². The van der Waals surface area contributed by atoms with Crippen LogP contribution in [0.3, 0.4) is 0 Å². The third kappa shape index (κ3) is 3.29. The normalized spacial score (nSPS) is 18.1. The Balaban J connectivity index is 1.91. The highest BCUT2D eigenvalue weighted by Crippen LogP contribution is 2.33. The summed E-state index contributed by atoms with van der Waals surface area (Å²) in [4.78, 5) is 2.09. The number of hydrogen-bond donors (Lipinski definition) is 1. The first-order chi connectivity index (χ1) is 11.1. The van der Waals surface area contributed by atoms with Crippen LogP contribution in [0, 0.1) is 13.8 Å². The average molecular weight is 313 g/mol. The van der Waals surface area contributed by atoms with Gasteiger partial charge >= 0.3 is 0 Å². The Labute approximate surface area is 136 Å². The zero-order valence-electron chi connectivity index (χ0n) is 13.9. The molecule has 0 saturated carbocycles. The number of hydrogen-bond acceptors (Lipinski definition) is 5. The quantitative estimate of drug-likeness (QED) is 0.944. The predicted molar refractivity (Wildman–Crippen MR) is 90.9 cm³/mol. The van der Waals surface area contributed by atoms with Gasteiger partial charge in [0.1, 0.15) is 5.75 Å². The minimum Gasteiger partial charge on any atom is -0.496 e. The van der Waals surface area contributed by atoms with Crippen LogP contribution in [0.5, 0.6) is 5.75 Å². The number of aromatic nitrogens is 2. The number of aliphatic hydroxyl groups is 1. The molecule has 5 heteroatoms. The maximum atomic E-state index is 9.80. The van der Waals surface area contributed by atoms with E-state index in [4.69, 9.17) is 4.74 Å². The van der Waals surface area contributed by atoms with Crippen LogP contribution in [0.25, 0.3) is 11.3 Å². The minimum atomic E-state index is -0.273. The third-order valence-corrected chi connectivity index (χ3v) is 4.29. The van der Waals surface area contributed by atoms with Gasteiger partial charge in [0.2, 0.25) is 0 Å². The smallest absolute Gasteiger partial charge is 0.151 e. The third-order valence-electron chi connectivity index (χ3n) is 4.29. The predicted octanol–water partition coefficient (Wildman–Crippen LogP) is 2.73. The molecule has 1 aliphatic rings. The van der Waals surface area contributed by atoms with Gasteiger partial charge in [0.25, 0.3) is 0 Å². The molecule has 1 aromatic carbocycles. The van der Waals surface area contributed by atoms with E-state index in [-0.39, 0.29) is 6.10 Å². The van der Waals surface area contributed by atoms with Crippen LogP contribution in [-0.2, 0) is 0 Å². The fourth-order valence-electron chi connectivity index (χ4n) is 3.21. The summed E-state index contributed by atoms with van der Waals surface area (Å²) in [7, 11) is 1.68. The van der Waals surface area contributed by atoms with Crippen LogP contribution in [0.1, 0.15) is 24.0 Å². The molecule has 0 radical (unpaired) electrons. The number of nitrogens with zero attached hydrogens (tertiary/aromatic N) is 3. The molecule has 3 rings (SSSR count). The molecule has 1 aromatic heterocycles. The lowest BCUT2D eigenvalue weighted by Gasteiger charge is -2.30. The van der Waals surface area contributed by atoms with Crippen molar-refractivity contribution in [2.75, 3.05) is 25.1 Å². The largest absolute Gasteiger partial charge is 0.496 e. The van der Waals surface area contributed by atoms with Crippen LogP contribution >= 0.6 is 0 Å². The monoisotopic (exact) mass is 313 g/mol. The SMILES string of the molecule is COc1cc(C)cc(C)c1-c1ccc(N2CCC[C@H](O)C2)nn1. The van der Waals surface area contributed by atoms with Crippen molar-refractivity contribution < 1.29 is 9.84 Å². The summed E-state index contributed by atoms with van der Waals surface area (Å²) >= 11 is 0. The lowest BCUT2D eigenvalue weighted by Crippen LogP contribution is -2.38. The average Bonchev–Trinajstić information content (AvgIpc) is 2.54. The molecule has 0 spiro atoms. The topological polar surface area (TPSA) is 58.5 Å². The van der Waals surface area contributed by atoms with E-state index in [1.165, 1.54) is 0 Å². The molecule has 0 unspecified atom stereocenters. The van der Waals surface area contributed by atoms with Crippen LogP contribution in [0.4, 0.5) is 5.82 Å². The van der Waals surface area contributed by atoms with Gasteiger partial charge in [-0.15, -0.1) is 10.2 Å². The van der Waals surface area contributed by atoms with Gasteiger partial charge in [-0.1, -0.05) is 6.07 Å². The number of aryl methyl sites for hydroxylation is 2. The van der Waals surface area contributed by atoms with Gasteiger partial charge in [-0.05, 0) is 56.0 Å². The molecular formula is C18H23N3O2. The molecule has 0 bridgehead atoms. The molecule has 2 aromatic rings. The van der Waals surface area contributed by atoms with E-state index >= 15 is 0 Å². The van der Waals surface area contributed by atoms with E-state index in [2.05, 4.69) is 35.0 Å². The number of anilines is 1. The first-order valence-electron chi connectivity index (χ1n) is 8.01. The number of rotatable bonds is 3. The highest BCUT2D eigenvalue weighted by molar-refractivity contribution is 5.71. The second-order valence-corrected chi connectivity index (χ2v) is 6.18. The minimum absolute atomic E-state index is 0.273. The molecule has 5 nitrogen and oxygen atoms in total. The molecule has 2 heterocycles. The zero-order valence-corrected chi connectivity index (χ0v) is 13.9. The van der Waals surface area contributed by atoms with Gasteiger partial charge in [-0.2, -0.15) is 0 Å². The summed E-state index contributed by atoms with van der Waals surface area (Å²) in [5, 5.41) is 18.6. The molecule has 0 aliphatic carbocycles. The second kappa shape index (κ2) is 6.54. The summed E-state index contributed by atoms with van der Waals surface area (Å²) in [5.74, 6) is 1.63. The van der Waals surface area contributed by atoms with Crippen molar-refractivity contribution in [1.82, 2.24) is 10.2 Å². The Morgan fingerprint density at radius 3 is 2.70 bits per heavy atom. The first-order valence-corrected chi connectivity index (χ1v) is 8.01. The maximum absolute atomic E-state index is 9.80. The molecule has 1 fully saturated rings. The van der Waals surface area contributed by atoms with Crippen molar-refractivity contribution >= 4 is 5.82 Å². The van der Waals surface area contributed by atoms with E-state index in [1.807, 2.05) is 18.2 Å². The standard InChI is InChI=1S/C18H23N3O2/c1-12-9-13(2)18(16(10-12)23-3)15-6-7-17(20-19-15)21-8-4-5-14(22)11-21/h6-7,9-10,14,22H,4-5,8,11H2,1-3H3/t14-/m0/s1. The summed E-state index contributed by atoms with van der Waals surface area (Å²) in [6, 6.07) is 8.08. The van der Waals surface area contributed by atoms with Gasteiger partial charge in [0, 0.05) is 18.7 Å². The lowest BCUT2D eigenvalue weighted by atomic mass is 10.0. The number of aliphatic hydroxyl groups excluding tert-OH is 1. The molecule has 1 atom stereocenters. The Morgan fingerprint density at radius 2 is 2.04 bits per heavy atom. The van der Waals surface area contributed by atoms with E-state index < -0.39 is 0 Å². The first kappa shape index (κ1) is 15.7. The van der Waals surface area contributed by atoms with Crippen LogP contribution in [-0.4, -0.2) is 41.6 Å². The maximum Gasteiger partial charge on any atom is 0.151 e. The van der Waals surface area contributed by atoms with E-state index in [9.17, 15) is 5.11 Å². The molecule has 122 valence electrons. The highest BCUT2D eigenvalue weighted by Gasteiger charge is 2.19. The molecule has 1 aliphatic heterocycles. The fourth-order valence-corrected chi connectivity index (χ4v) is 3.21. The van der Waals surface area contributed by atoms with Gasteiger partial charge in [0.05, 0.1) is 18.9 Å².